The summed E-state index contributed by atoms with van der Waals surface area (Å²) < 4.78 is 3.57. The van der Waals surface area contributed by atoms with E-state index in [1.807, 2.05) is 55.1 Å². The number of carbonyl (C=O) groups is 1. The third-order valence-electron chi connectivity index (χ3n) is 5.12. The summed E-state index contributed by atoms with van der Waals surface area (Å²) in [6.07, 6.45) is 3.80. The van der Waals surface area contributed by atoms with Gasteiger partial charge in [0.2, 0.25) is 0 Å². The van der Waals surface area contributed by atoms with Crippen molar-refractivity contribution < 1.29 is 4.79 Å². The lowest BCUT2D eigenvalue weighted by Gasteiger charge is -2.23. The van der Waals surface area contributed by atoms with E-state index in [9.17, 15) is 4.79 Å². The van der Waals surface area contributed by atoms with Crippen LogP contribution in [0.1, 0.15) is 53.7 Å². The second-order valence-corrected chi connectivity index (χ2v) is 7.07. The van der Waals surface area contributed by atoms with Gasteiger partial charge >= 0.3 is 0 Å². The minimum atomic E-state index is -0.298. The maximum Gasteiger partial charge on any atom is 0.274 e. The summed E-state index contributed by atoms with van der Waals surface area (Å²) >= 11 is 0. The molecule has 1 unspecified atom stereocenters. The van der Waals surface area contributed by atoms with Crippen LogP contribution in [0.15, 0.2) is 36.5 Å². The fourth-order valence-corrected chi connectivity index (χ4v) is 3.47. The predicted octanol–water partition coefficient (Wildman–Crippen LogP) is 1.58. The van der Waals surface area contributed by atoms with Crippen LogP contribution in [0.4, 0.5) is 0 Å². The van der Waals surface area contributed by atoms with Crippen molar-refractivity contribution in [3.8, 4) is 5.69 Å². The first-order valence-corrected chi connectivity index (χ1v) is 9.54. The zero-order valence-corrected chi connectivity index (χ0v) is 16.0. The summed E-state index contributed by atoms with van der Waals surface area (Å²) in [6, 6.07) is 9.72. The van der Waals surface area contributed by atoms with Crippen LogP contribution in [0.3, 0.4) is 0 Å². The molecule has 3 heterocycles. The number of nitrogens with zero attached hydrogens (tertiary/aromatic N) is 6. The number of nitrogens with one attached hydrogen (secondary N) is 2. The smallest absolute Gasteiger partial charge is 0.274 e. The Morgan fingerprint density at radius 3 is 2.68 bits per heavy atom. The molecule has 2 N–H and O–H groups in total. The van der Waals surface area contributed by atoms with Gasteiger partial charge in [-0.3, -0.25) is 4.79 Å². The lowest BCUT2D eigenvalue weighted by molar-refractivity contribution is 0.0933. The Morgan fingerprint density at radius 2 is 1.93 bits per heavy atom. The number of carbonyl (C=O) groups excluding carboxylic acids is 1. The summed E-state index contributed by atoms with van der Waals surface area (Å²) in [5, 5.41) is 23.0. The van der Waals surface area contributed by atoms with Crippen LogP contribution in [-0.2, 0) is 0 Å². The Labute approximate surface area is 163 Å². The van der Waals surface area contributed by atoms with Gasteiger partial charge in [0.15, 0.2) is 5.69 Å². The maximum absolute atomic E-state index is 12.7. The van der Waals surface area contributed by atoms with Crippen LogP contribution in [0.5, 0.6) is 0 Å². The van der Waals surface area contributed by atoms with Gasteiger partial charge in [-0.15, -0.1) is 10.2 Å². The largest absolute Gasteiger partial charge is 0.342 e. The number of aromatic nitrogens is 6. The first-order chi connectivity index (χ1) is 13.6. The molecule has 146 valence electrons. The molecule has 2 aromatic heterocycles. The van der Waals surface area contributed by atoms with Crippen molar-refractivity contribution in [3.63, 3.8) is 0 Å². The molecule has 0 radical (unpaired) electrons. The second-order valence-electron chi connectivity index (χ2n) is 7.07. The molecule has 1 aliphatic rings. The Balaban J connectivity index is 1.45. The first kappa shape index (κ1) is 18.3. The van der Waals surface area contributed by atoms with Crippen molar-refractivity contribution in [2.45, 2.75) is 38.8 Å². The molecule has 0 bridgehead atoms. The van der Waals surface area contributed by atoms with Gasteiger partial charge in [0.05, 0.1) is 29.7 Å². The van der Waals surface area contributed by atoms with Crippen LogP contribution in [-0.4, -0.2) is 49.0 Å². The molecular weight excluding hydrogens is 356 g/mol. The molecule has 1 amide bonds. The van der Waals surface area contributed by atoms with Gasteiger partial charge < -0.3 is 10.6 Å². The summed E-state index contributed by atoms with van der Waals surface area (Å²) in [5.74, 6) is -0.251. The molecule has 0 saturated carbocycles. The minimum Gasteiger partial charge on any atom is -0.342 e. The molecule has 1 aromatic carbocycles. The minimum absolute atomic E-state index is 0.251. The number of para-hydroxylation sites is 1. The second kappa shape index (κ2) is 7.89. The number of hydrogen-bond donors (Lipinski definition) is 2. The van der Waals surface area contributed by atoms with Crippen LogP contribution in [0, 0.1) is 6.92 Å². The lowest BCUT2D eigenvalue weighted by atomic mass is 10.1. The van der Waals surface area contributed by atoms with E-state index in [0.717, 1.165) is 37.3 Å². The van der Waals surface area contributed by atoms with Crippen molar-refractivity contribution in [2.75, 3.05) is 13.1 Å². The van der Waals surface area contributed by atoms with E-state index in [4.69, 9.17) is 0 Å². The Morgan fingerprint density at radius 1 is 1.18 bits per heavy atom. The molecule has 9 heteroatoms. The first-order valence-electron chi connectivity index (χ1n) is 9.54. The van der Waals surface area contributed by atoms with Crippen molar-refractivity contribution in [3.05, 3.63) is 53.6 Å². The van der Waals surface area contributed by atoms with Crippen molar-refractivity contribution in [1.82, 2.24) is 40.6 Å². The molecular formula is C19H24N8O. The van der Waals surface area contributed by atoms with Crippen LogP contribution in [0.25, 0.3) is 5.69 Å². The molecule has 0 spiro atoms. The summed E-state index contributed by atoms with van der Waals surface area (Å²) in [6.45, 7) is 5.69. The summed E-state index contributed by atoms with van der Waals surface area (Å²) in [5.41, 5.74) is 2.76. The van der Waals surface area contributed by atoms with Crippen molar-refractivity contribution in [1.29, 1.82) is 0 Å². The summed E-state index contributed by atoms with van der Waals surface area (Å²) in [7, 11) is 0. The van der Waals surface area contributed by atoms with Gasteiger partial charge in [-0.25, -0.2) is 9.36 Å². The molecule has 1 aliphatic heterocycles. The van der Waals surface area contributed by atoms with Crippen LogP contribution < -0.4 is 10.6 Å². The third kappa shape index (κ3) is 3.65. The van der Waals surface area contributed by atoms with Gasteiger partial charge in [-0.05, 0) is 51.9 Å². The topological polar surface area (TPSA) is 103 Å². The number of rotatable bonds is 5. The molecule has 28 heavy (non-hydrogen) atoms. The molecule has 1 fully saturated rings. The van der Waals surface area contributed by atoms with Gasteiger partial charge in [-0.1, -0.05) is 28.6 Å². The lowest BCUT2D eigenvalue weighted by Crippen LogP contribution is -2.31. The normalized spacial score (nSPS) is 16.1. The highest BCUT2D eigenvalue weighted by Gasteiger charge is 2.24. The fraction of sp³-hybridized carbons (Fsp3) is 0.421. The van der Waals surface area contributed by atoms with Gasteiger partial charge in [0.1, 0.15) is 5.69 Å². The molecule has 3 aromatic rings. The summed E-state index contributed by atoms with van der Waals surface area (Å²) in [4.78, 5) is 12.7. The van der Waals surface area contributed by atoms with Gasteiger partial charge in [-0.2, -0.15) is 0 Å². The average molecular weight is 380 g/mol. The van der Waals surface area contributed by atoms with E-state index in [0.29, 0.717) is 17.4 Å². The SMILES string of the molecule is Cc1c(C(=O)NC(C)c2cn(-c3ccccc3)nn2)nnn1C1CCNCC1. The fourth-order valence-electron chi connectivity index (χ4n) is 3.47. The standard InChI is InChI=1S/C19H24N8O/c1-13(17-12-26(24-22-17)15-6-4-3-5-7-15)21-19(28)18-14(2)27(25-23-18)16-8-10-20-11-9-16/h3-7,12-13,16,20H,8-11H2,1-2H3,(H,21,28). The predicted molar refractivity (Wildman–Crippen MR) is 103 cm³/mol. The highest BCUT2D eigenvalue weighted by atomic mass is 16.2. The number of benzene rings is 1. The van der Waals surface area contributed by atoms with Gasteiger partial charge in [0, 0.05) is 0 Å². The molecule has 9 nitrogen and oxygen atoms in total. The zero-order chi connectivity index (χ0) is 19.5. The van der Waals surface area contributed by atoms with Crippen molar-refractivity contribution in [2.24, 2.45) is 0 Å². The van der Waals surface area contributed by atoms with Crippen LogP contribution >= 0.6 is 0 Å². The number of hydrogen-bond acceptors (Lipinski definition) is 6. The number of piperidine rings is 1. The van der Waals surface area contributed by atoms with Gasteiger partial charge in [0.25, 0.3) is 5.91 Å². The van der Waals surface area contributed by atoms with Crippen molar-refractivity contribution >= 4 is 5.91 Å². The van der Waals surface area contributed by atoms with E-state index in [-0.39, 0.29) is 11.9 Å². The van der Waals surface area contributed by atoms with E-state index in [2.05, 4.69) is 31.3 Å². The molecule has 4 rings (SSSR count). The monoisotopic (exact) mass is 380 g/mol. The van der Waals surface area contributed by atoms with E-state index >= 15 is 0 Å². The Kier molecular flexibility index (Phi) is 5.16. The third-order valence-corrected chi connectivity index (χ3v) is 5.12. The quantitative estimate of drug-likeness (QED) is 0.697. The maximum atomic E-state index is 12.7. The number of amides is 1. The molecule has 1 saturated heterocycles. The van der Waals surface area contributed by atoms with E-state index in [1.165, 1.54) is 0 Å². The highest BCUT2D eigenvalue weighted by molar-refractivity contribution is 5.93. The Hall–Kier alpha value is -3.07. The molecule has 0 aliphatic carbocycles. The highest BCUT2D eigenvalue weighted by Crippen LogP contribution is 2.20. The van der Waals surface area contributed by atoms with Crippen LogP contribution in [0.2, 0.25) is 0 Å². The zero-order valence-electron chi connectivity index (χ0n) is 16.0. The molecule has 1 atom stereocenters. The Bertz CT molecular complexity index is 942. The van der Waals surface area contributed by atoms with E-state index < -0.39 is 0 Å². The average Bonchev–Trinajstić information content (AvgIpc) is 3.36. The van der Waals surface area contributed by atoms with E-state index in [1.54, 1.807) is 4.68 Å².